The zero-order valence-corrected chi connectivity index (χ0v) is 42.1. The quantitative estimate of drug-likeness (QED) is 0.145. The van der Waals surface area contributed by atoms with Crippen molar-refractivity contribution in [2.24, 2.45) is 0 Å². The number of rotatable bonds is 7. The highest BCUT2D eigenvalue weighted by atomic mass is 15.1. The molecule has 0 bridgehead atoms. The second kappa shape index (κ2) is 17.0. The van der Waals surface area contributed by atoms with E-state index in [0.29, 0.717) is 0 Å². The van der Waals surface area contributed by atoms with Gasteiger partial charge in [0.05, 0.1) is 16.4 Å². The molecule has 2 heteroatoms. The summed E-state index contributed by atoms with van der Waals surface area (Å²) in [6.07, 6.45) is 0. The van der Waals surface area contributed by atoms with Gasteiger partial charge in [-0.05, 0) is 172 Å². The SMILES string of the molecule is c1ccc(-c2c3ccccc3c(-c3ccc(N(c4ccccc4)c4ccc5c(c4)C4(c6ccccc6-c6ccccc64)c4cc(-c6ccc7c(c6)c6ccccc6n7-c6ccccc6)ccc4-5)cc3)c3ccccc23)cc1. The summed E-state index contributed by atoms with van der Waals surface area (Å²) in [5.74, 6) is 0. The molecule has 0 N–H and O–H groups in total. The van der Waals surface area contributed by atoms with Crippen molar-refractivity contribution in [2.45, 2.75) is 5.41 Å². The predicted molar refractivity (Wildman–Crippen MR) is 323 cm³/mol. The fourth-order valence-corrected chi connectivity index (χ4v) is 13.6. The molecule has 0 saturated carbocycles. The average molecular weight is 977 g/mol. The van der Waals surface area contributed by atoms with Crippen LogP contribution in [-0.4, -0.2) is 4.57 Å². The molecule has 0 unspecified atom stereocenters. The Balaban J connectivity index is 0.869. The van der Waals surface area contributed by atoms with Crippen molar-refractivity contribution in [1.29, 1.82) is 0 Å². The van der Waals surface area contributed by atoms with Crippen LogP contribution in [0.4, 0.5) is 17.1 Å². The van der Waals surface area contributed by atoms with Gasteiger partial charge in [-0.25, -0.2) is 0 Å². The Bertz CT molecular complexity index is 4560. The zero-order valence-electron chi connectivity index (χ0n) is 42.1. The van der Waals surface area contributed by atoms with E-state index in [-0.39, 0.29) is 0 Å². The third kappa shape index (κ3) is 6.37. The van der Waals surface area contributed by atoms with Gasteiger partial charge in [0.25, 0.3) is 0 Å². The molecule has 358 valence electrons. The Morgan fingerprint density at radius 1 is 0.247 bits per heavy atom. The standard InChI is InChI=1S/C75H48N2/c1-4-20-49(21-5-1)73-62-29-10-12-31-64(62)74(65-32-13-11-30-63(65)73)50-36-40-55(41-37-50)76(53-22-6-2-7-23-53)56-42-44-60-59-43-38-52(47-69(59)75(70(60)48-56)67-33-17-14-26-57(67)58-27-15-18-34-68(58)75)51-39-45-72-66(46-51)61-28-16-19-35-71(61)77(72)54-24-8-3-9-25-54/h1-48H. The monoisotopic (exact) mass is 976 g/mol. The molecule has 2 aliphatic carbocycles. The van der Waals surface area contributed by atoms with Crippen molar-refractivity contribution >= 4 is 60.4 Å². The van der Waals surface area contributed by atoms with Gasteiger partial charge in [0.1, 0.15) is 0 Å². The summed E-state index contributed by atoms with van der Waals surface area (Å²) in [5.41, 5.74) is 24.1. The molecule has 0 fully saturated rings. The average Bonchev–Trinajstić information content (AvgIpc) is 3.78. The van der Waals surface area contributed by atoms with E-state index in [0.717, 1.165) is 22.7 Å². The number of anilines is 3. The zero-order chi connectivity index (χ0) is 50.6. The van der Waals surface area contributed by atoms with Crippen LogP contribution in [0.3, 0.4) is 0 Å². The van der Waals surface area contributed by atoms with Crippen LogP contribution in [0.25, 0.3) is 105 Å². The smallest absolute Gasteiger partial charge is 0.0726 e. The first kappa shape index (κ1) is 43.4. The van der Waals surface area contributed by atoms with E-state index in [1.165, 1.54) is 121 Å². The van der Waals surface area contributed by atoms with Gasteiger partial charge >= 0.3 is 0 Å². The molecule has 1 heterocycles. The van der Waals surface area contributed by atoms with E-state index in [2.05, 4.69) is 301 Å². The molecule has 14 aromatic rings. The molecule has 2 nitrogen and oxygen atoms in total. The second-order valence-corrected chi connectivity index (χ2v) is 20.7. The van der Waals surface area contributed by atoms with E-state index in [9.17, 15) is 0 Å². The largest absolute Gasteiger partial charge is 0.310 e. The van der Waals surface area contributed by atoms with Gasteiger partial charge < -0.3 is 9.47 Å². The molecule has 0 saturated heterocycles. The van der Waals surface area contributed by atoms with Crippen molar-refractivity contribution < 1.29 is 0 Å². The molecule has 1 aromatic heterocycles. The lowest BCUT2D eigenvalue weighted by Gasteiger charge is -2.32. The van der Waals surface area contributed by atoms with Crippen LogP contribution in [0.2, 0.25) is 0 Å². The Morgan fingerprint density at radius 3 is 1.30 bits per heavy atom. The number of aromatic nitrogens is 1. The third-order valence-corrected chi connectivity index (χ3v) is 16.8. The van der Waals surface area contributed by atoms with Gasteiger partial charge in [-0.1, -0.05) is 218 Å². The Hall–Kier alpha value is -10.0. The maximum Gasteiger partial charge on any atom is 0.0726 e. The fourth-order valence-electron chi connectivity index (χ4n) is 13.6. The van der Waals surface area contributed by atoms with Crippen molar-refractivity contribution in [3.05, 3.63) is 313 Å². The highest BCUT2D eigenvalue weighted by Crippen LogP contribution is 2.64. The molecular formula is C75H48N2. The summed E-state index contributed by atoms with van der Waals surface area (Å²) in [6.45, 7) is 0. The van der Waals surface area contributed by atoms with E-state index in [4.69, 9.17) is 0 Å². The van der Waals surface area contributed by atoms with Crippen molar-refractivity contribution in [2.75, 3.05) is 4.90 Å². The van der Waals surface area contributed by atoms with Crippen LogP contribution in [-0.2, 0) is 5.41 Å². The first-order chi connectivity index (χ1) is 38.2. The number of hydrogen-bond donors (Lipinski definition) is 0. The van der Waals surface area contributed by atoms with Crippen LogP contribution in [0.15, 0.2) is 291 Å². The Kier molecular flexibility index (Phi) is 9.58. The molecule has 0 radical (unpaired) electrons. The minimum absolute atomic E-state index is 0.558. The normalized spacial score (nSPS) is 12.8. The highest BCUT2D eigenvalue weighted by molar-refractivity contribution is 6.21. The number of nitrogens with zero attached hydrogens (tertiary/aromatic N) is 2. The van der Waals surface area contributed by atoms with E-state index < -0.39 is 5.41 Å². The molecule has 13 aromatic carbocycles. The summed E-state index contributed by atoms with van der Waals surface area (Å²) in [7, 11) is 0. The fraction of sp³-hybridized carbons (Fsp3) is 0.0133. The van der Waals surface area contributed by atoms with E-state index >= 15 is 0 Å². The Labute approximate surface area is 447 Å². The lowest BCUT2D eigenvalue weighted by molar-refractivity contribution is 0.794. The van der Waals surface area contributed by atoms with Gasteiger partial charge in [-0.2, -0.15) is 0 Å². The second-order valence-electron chi connectivity index (χ2n) is 20.7. The molecule has 0 amide bonds. The van der Waals surface area contributed by atoms with Crippen molar-refractivity contribution in [3.8, 4) is 61.3 Å². The number of hydrogen-bond acceptors (Lipinski definition) is 1. The maximum atomic E-state index is 2.51. The van der Waals surface area contributed by atoms with E-state index in [1.54, 1.807) is 0 Å². The minimum atomic E-state index is -0.558. The highest BCUT2D eigenvalue weighted by Gasteiger charge is 2.52. The molecule has 1 spiro atoms. The van der Waals surface area contributed by atoms with Crippen LogP contribution in [0, 0.1) is 0 Å². The number of benzene rings is 13. The summed E-state index contributed by atoms with van der Waals surface area (Å²) in [4.78, 5) is 2.44. The van der Waals surface area contributed by atoms with Gasteiger partial charge in [-0.3, -0.25) is 0 Å². The topological polar surface area (TPSA) is 8.17 Å². The number of fused-ring (bicyclic) bond motifs is 15. The van der Waals surface area contributed by atoms with Gasteiger partial charge in [0.2, 0.25) is 0 Å². The first-order valence-corrected chi connectivity index (χ1v) is 26.7. The minimum Gasteiger partial charge on any atom is -0.310 e. The van der Waals surface area contributed by atoms with Crippen molar-refractivity contribution in [1.82, 2.24) is 4.57 Å². The summed E-state index contributed by atoms with van der Waals surface area (Å²) < 4.78 is 2.40. The van der Waals surface area contributed by atoms with Crippen LogP contribution >= 0.6 is 0 Å². The van der Waals surface area contributed by atoms with Gasteiger partial charge in [0, 0.05) is 33.5 Å². The van der Waals surface area contributed by atoms with Crippen molar-refractivity contribution in [3.63, 3.8) is 0 Å². The molecule has 0 aliphatic heterocycles. The Morgan fingerprint density at radius 2 is 0.662 bits per heavy atom. The molecule has 16 rings (SSSR count). The van der Waals surface area contributed by atoms with Crippen LogP contribution < -0.4 is 4.90 Å². The molecule has 0 atom stereocenters. The van der Waals surface area contributed by atoms with Crippen LogP contribution in [0.1, 0.15) is 22.3 Å². The van der Waals surface area contributed by atoms with E-state index in [1.807, 2.05) is 0 Å². The van der Waals surface area contributed by atoms with Crippen LogP contribution in [0.5, 0.6) is 0 Å². The lowest BCUT2D eigenvalue weighted by atomic mass is 9.70. The summed E-state index contributed by atoms with van der Waals surface area (Å²) >= 11 is 0. The summed E-state index contributed by atoms with van der Waals surface area (Å²) in [6, 6.07) is 108. The first-order valence-electron chi connectivity index (χ1n) is 26.7. The molecular weight excluding hydrogens is 929 g/mol. The molecule has 77 heavy (non-hydrogen) atoms. The predicted octanol–water partition coefficient (Wildman–Crippen LogP) is 19.9. The van der Waals surface area contributed by atoms with Gasteiger partial charge in [0.15, 0.2) is 0 Å². The van der Waals surface area contributed by atoms with Gasteiger partial charge in [-0.15, -0.1) is 0 Å². The number of para-hydroxylation sites is 3. The maximum absolute atomic E-state index is 2.51. The lowest BCUT2D eigenvalue weighted by Crippen LogP contribution is -2.26. The third-order valence-electron chi connectivity index (χ3n) is 16.8. The molecule has 2 aliphatic rings. The summed E-state index contributed by atoms with van der Waals surface area (Å²) in [5, 5.41) is 7.51.